The minimum Gasteiger partial charge on any atom is -0.369 e. The first-order chi connectivity index (χ1) is 6.09. The molecule has 1 aliphatic rings. The first-order valence-electron chi connectivity index (χ1n) is 5.11. The molecule has 0 aromatic carbocycles. The van der Waals surface area contributed by atoms with Crippen molar-refractivity contribution < 1.29 is 4.79 Å². The van der Waals surface area contributed by atoms with Crippen LogP contribution in [-0.4, -0.2) is 30.4 Å². The van der Waals surface area contributed by atoms with Crippen LogP contribution in [0.2, 0.25) is 0 Å². The highest BCUT2D eigenvalue weighted by molar-refractivity contribution is 5.76. The Bertz CT molecular complexity index is 180. The Balaban J connectivity index is 2.37. The van der Waals surface area contributed by atoms with E-state index in [1.165, 1.54) is 0 Å². The molecular weight excluding hydrogens is 164 g/mol. The molecule has 0 radical (unpaired) electrons. The summed E-state index contributed by atoms with van der Waals surface area (Å²) in [4.78, 5) is 13.3. The van der Waals surface area contributed by atoms with Crippen molar-refractivity contribution >= 4 is 5.91 Å². The standard InChI is InChI=1S/C10H20N2O/c1-8(2)6-12-5-3-4-9(7-12)10(11)13/h8-9H,3-7H2,1-2H3,(H2,11,13). The van der Waals surface area contributed by atoms with Crippen LogP contribution in [-0.2, 0) is 4.79 Å². The molecule has 0 saturated carbocycles. The lowest BCUT2D eigenvalue weighted by Gasteiger charge is -2.32. The van der Waals surface area contributed by atoms with E-state index < -0.39 is 0 Å². The number of nitrogens with two attached hydrogens (primary N) is 1. The molecule has 1 heterocycles. The van der Waals surface area contributed by atoms with Gasteiger partial charge in [-0.1, -0.05) is 13.8 Å². The van der Waals surface area contributed by atoms with Gasteiger partial charge >= 0.3 is 0 Å². The summed E-state index contributed by atoms with van der Waals surface area (Å²) in [6.45, 7) is 7.49. The van der Waals surface area contributed by atoms with Crippen LogP contribution in [0, 0.1) is 11.8 Å². The Labute approximate surface area is 80.3 Å². The summed E-state index contributed by atoms with van der Waals surface area (Å²) in [5, 5.41) is 0. The smallest absolute Gasteiger partial charge is 0.221 e. The van der Waals surface area contributed by atoms with E-state index in [0.717, 1.165) is 32.5 Å². The number of carbonyl (C=O) groups is 1. The van der Waals surface area contributed by atoms with Gasteiger partial charge in [0.1, 0.15) is 0 Å². The topological polar surface area (TPSA) is 46.3 Å². The van der Waals surface area contributed by atoms with Crippen LogP contribution in [0.3, 0.4) is 0 Å². The molecule has 0 bridgehead atoms. The number of carbonyl (C=O) groups excluding carboxylic acids is 1. The third kappa shape index (κ3) is 3.35. The number of primary amides is 1. The van der Waals surface area contributed by atoms with E-state index in [1.54, 1.807) is 0 Å². The second-order valence-corrected chi connectivity index (χ2v) is 4.39. The summed E-state index contributed by atoms with van der Waals surface area (Å²) in [5.74, 6) is 0.632. The molecule has 0 aromatic rings. The number of likely N-dealkylation sites (tertiary alicyclic amines) is 1. The molecule has 1 saturated heterocycles. The molecule has 1 rings (SSSR count). The molecule has 3 nitrogen and oxygen atoms in total. The zero-order valence-corrected chi connectivity index (χ0v) is 8.62. The maximum absolute atomic E-state index is 11.0. The number of rotatable bonds is 3. The average Bonchev–Trinajstić information content (AvgIpc) is 2.03. The summed E-state index contributed by atoms with van der Waals surface area (Å²) >= 11 is 0. The van der Waals surface area contributed by atoms with E-state index in [0.29, 0.717) is 5.92 Å². The van der Waals surface area contributed by atoms with Crippen LogP contribution < -0.4 is 5.73 Å². The number of amides is 1. The van der Waals surface area contributed by atoms with Crippen molar-refractivity contribution in [1.82, 2.24) is 4.90 Å². The lowest BCUT2D eigenvalue weighted by molar-refractivity contribution is -0.123. The van der Waals surface area contributed by atoms with Crippen molar-refractivity contribution in [2.75, 3.05) is 19.6 Å². The Morgan fingerprint density at radius 3 is 2.85 bits per heavy atom. The molecule has 1 unspecified atom stereocenters. The van der Waals surface area contributed by atoms with E-state index in [2.05, 4.69) is 18.7 Å². The van der Waals surface area contributed by atoms with Gasteiger partial charge in [-0.05, 0) is 25.3 Å². The summed E-state index contributed by atoms with van der Waals surface area (Å²) in [7, 11) is 0. The lowest BCUT2D eigenvalue weighted by atomic mass is 9.97. The molecule has 1 fully saturated rings. The first-order valence-corrected chi connectivity index (χ1v) is 5.11. The second-order valence-electron chi connectivity index (χ2n) is 4.39. The fourth-order valence-corrected chi connectivity index (χ4v) is 1.97. The number of hydrogen-bond acceptors (Lipinski definition) is 2. The number of hydrogen-bond donors (Lipinski definition) is 1. The zero-order valence-electron chi connectivity index (χ0n) is 8.62. The lowest BCUT2D eigenvalue weighted by Crippen LogP contribution is -2.42. The fraction of sp³-hybridized carbons (Fsp3) is 0.900. The Kier molecular flexibility index (Phi) is 3.72. The second kappa shape index (κ2) is 4.61. The fourth-order valence-electron chi connectivity index (χ4n) is 1.97. The Hall–Kier alpha value is -0.570. The van der Waals surface area contributed by atoms with E-state index >= 15 is 0 Å². The summed E-state index contributed by atoms with van der Waals surface area (Å²) < 4.78 is 0. The highest BCUT2D eigenvalue weighted by atomic mass is 16.1. The zero-order chi connectivity index (χ0) is 9.84. The Morgan fingerprint density at radius 2 is 2.31 bits per heavy atom. The van der Waals surface area contributed by atoms with Crippen LogP contribution in [0.5, 0.6) is 0 Å². The molecular formula is C10H20N2O. The Morgan fingerprint density at radius 1 is 1.62 bits per heavy atom. The van der Waals surface area contributed by atoms with Crippen molar-refractivity contribution in [1.29, 1.82) is 0 Å². The molecule has 0 aliphatic carbocycles. The van der Waals surface area contributed by atoms with E-state index in [1.807, 2.05) is 0 Å². The van der Waals surface area contributed by atoms with Gasteiger partial charge in [-0.2, -0.15) is 0 Å². The molecule has 13 heavy (non-hydrogen) atoms. The van der Waals surface area contributed by atoms with Crippen molar-refractivity contribution in [3.8, 4) is 0 Å². The number of piperidine rings is 1. The van der Waals surface area contributed by atoms with Gasteiger partial charge in [0.05, 0.1) is 5.92 Å². The normalized spacial score (nSPS) is 25.0. The summed E-state index contributed by atoms with van der Waals surface area (Å²) in [6, 6.07) is 0. The molecule has 1 aliphatic heterocycles. The highest BCUT2D eigenvalue weighted by Crippen LogP contribution is 2.16. The molecule has 0 aromatic heterocycles. The van der Waals surface area contributed by atoms with Crippen LogP contribution in [0.25, 0.3) is 0 Å². The van der Waals surface area contributed by atoms with Crippen LogP contribution >= 0.6 is 0 Å². The highest BCUT2D eigenvalue weighted by Gasteiger charge is 2.23. The van der Waals surface area contributed by atoms with Gasteiger partial charge in [-0.3, -0.25) is 4.79 Å². The monoisotopic (exact) mass is 184 g/mol. The van der Waals surface area contributed by atoms with Gasteiger partial charge in [-0.15, -0.1) is 0 Å². The third-order valence-corrected chi connectivity index (χ3v) is 2.53. The van der Waals surface area contributed by atoms with E-state index in [9.17, 15) is 4.79 Å². The molecule has 1 amide bonds. The van der Waals surface area contributed by atoms with Crippen molar-refractivity contribution in [2.24, 2.45) is 17.6 Å². The molecule has 1 atom stereocenters. The van der Waals surface area contributed by atoms with Gasteiger partial charge < -0.3 is 10.6 Å². The maximum Gasteiger partial charge on any atom is 0.221 e. The molecule has 2 N–H and O–H groups in total. The molecule has 0 spiro atoms. The number of nitrogens with zero attached hydrogens (tertiary/aromatic N) is 1. The van der Waals surface area contributed by atoms with Gasteiger partial charge in [-0.25, -0.2) is 0 Å². The molecule has 76 valence electrons. The quantitative estimate of drug-likeness (QED) is 0.706. The maximum atomic E-state index is 11.0. The van der Waals surface area contributed by atoms with Crippen LogP contribution in [0.4, 0.5) is 0 Å². The predicted octanol–water partition coefficient (Wildman–Crippen LogP) is 0.840. The van der Waals surface area contributed by atoms with Gasteiger partial charge in [0, 0.05) is 13.1 Å². The third-order valence-electron chi connectivity index (χ3n) is 2.53. The van der Waals surface area contributed by atoms with Crippen LogP contribution in [0.15, 0.2) is 0 Å². The van der Waals surface area contributed by atoms with Gasteiger partial charge in [0.15, 0.2) is 0 Å². The van der Waals surface area contributed by atoms with Crippen LogP contribution in [0.1, 0.15) is 26.7 Å². The van der Waals surface area contributed by atoms with Gasteiger partial charge in [0.2, 0.25) is 5.91 Å². The van der Waals surface area contributed by atoms with E-state index in [-0.39, 0.29) is 11.8 Å². The van der Waals surface area contributed by atoms with Crippen molar-refractivity contribution in [3.05, 3.63) is 0 Å². The SMILES string of the molecule is CC(C)CN1CCCC(C(N)=O)C1. The average molecular weight is 184 g/mol. The van der Waals surface area contributed by atoms with Crippen molar-refractivity contribution in [3.63, 3.8) is 0 Å². The summed E-state index contributed by atoms with van der Waals surface area (Å²) in [5.41, 5.74) is 5.29. The predicted molar refractivity (Wildman–Crippen MR) is 53.2 cm³/mol. The molecule has 3 heteroatoms. The largest absolute Gasteiger partial charge is 0.369 e. The minimum atomic E-state index is -0.131. The van der Waals surface area contributed by atoms with Crippen molar-refractivity contribution in [2.45, 2.75) is 26.7 Å². The minimum absolute atomic E-state index is 0.0903. The van der Waals surface area contributed by atoms with Gasteiger partial charge in [0.25, 0.3) is 0 Å². The first kappa shape index (κ1) is 10.5. The summed E-state index contributed by atoms with van der Waals surface area (Å²) in [6.07, 6.45) is 2.09. The van der Waals surface area contributed by atoms with E-state index in [4.69, 9.17) is 5.73 Å².